The Labute approximate surface area is 130 Å². The second kappa shape index (κ2) is 6.45. The fourth-order valence-corrected chi connectivity index (χ4v) is 2.97. The molecule has 1 unspecified atom stereocenters. The van der Waals surface area contributed by atoms with Crippen LogP contribution in [0.1, 0.15) is 16.8 Å². The molecule has 1 fully saturated rings. The molecular formula is C13H14BrClN2O3. The van der Waals surface area contributed by atoms with Crippen molar-refractivity contribution in [2.45, 2.75) is 12.5 Å². The van der Waals surface area contributed by atoms with Gasteiger partial charge in [-0.15, -0.1) is 0 Å². The molecule has 5 nitrogen and oxygen atoms in total. The van der Waals surface area contributed by atoms with Crippen LogP contribution in [0.25, 0.3) is 0 Å². The lowest BCUT2D eigenvalue weighted by atomic mass is 10.2. The van der Waals surface area contributed by atoms with Crippen LogP contribution < -0.4 is 5.32 Å². The summed E-state index contributed by atoms with van der Waals surface area (Å²) >= 11 is 9.20. The van der Waals surface area contributed by atoms with Gasteiger partial charge in [0.25, 0.3) is 5.91 Å². The molecule has 0 saturated carbocycles. The first kappa shape index (κ1) is 15.1. The topological polar surface area (TPSA) is 58.6 Å². The van der Waals surface area contributed by atoms with Crippen molar-refractivity contribution in [1.82, 2.24) is 10.2 Å². The fraction of sp³-hybridized carbons (Fsp3) is 0.385. The number of halogens is 2. The van der Waals surface area contributed by atoms with Gasteiger partial charge < -0.3 is 15.0 Å². The maximum Gasteiger partial charge on any atom is 0.407 e. The van der Waals surface area contributed by atoms with E-state index in [0.29, 0.717) is 34.6 Å². The third-order valence-corrected chi connectivity index (χ3v) is 4.04. The highest BCUT2D eigenvalue weighted by Crippen LogP contribution is 2.24. The smallest absolute Gasteiger partial charge is 0.407 e. The van der Waals surface area contributed by atoms with E-state index in [-0.39, 0.29) is 11.9 Å². The molecule has 0 aliphatic carbocycles. The number of amides is 2. The summed E-state index contributed by atoms with van der Waals surface area (Å²) in [6.07, 6.45) is 0.239. The van der Waals surface area contributed by atoms with E-state index in [1.807, 2.05) is 0 Å². The molecule has 20 heavy (non-hydrogen) atoms. The van der Waals surface area contributed by atoms with Gasteiger partial charge >= 0.3 is 6.09 Å². The van der Waals surface area contributed by atoms with Crippen molar-refractivity contribution < 1.29 is 14.3 Å². The lowest BCUT2D eigenvalue weighted by molar-refractivity contribution is 0.0787. The molecule has 7 heteroatoms. The van der Waals surface area contributed by atoms with Crippen molar-refractivity contribution in [3.8, 4) is 0 Å². The second-order valence-corrected chi connectivity index (χ2v) is 5.79. The molecule has 1 aromatic carbocycles. The van der Waals surface area contributed by atoms with Crippen molar-refractivity contribution in [2.24, 2.45) is 0 Å². The van der Waals surface area contributed by atoms with E-state index in [4.69, 9.17) is 11.6 Å². The monoisotopic (exact) mass is 360 g/mol. The normalized spacial score (nSPS) is 17.9. The molecule has 0 aromatic heterocycles. The van der Waals surface area contributed by atoms with E-state index >= 15 is 0 Å². The zero-order valence-corrected chi connectivity index (χ0v) is 13.2. The number of ether oxygens (including phenoxy) is 1. The van der Waals surface area contributed by atoms with E-state index in [2.05, 4.69) is 26.0 Å². The Morgan fingerprint density at radius 1 is 1.50 bits per heavy atom. The van der Waals surface area contributed by atoms with Crippen LogP contribution >= 0.6 is 27.5 Å². The third kappa shape index (κ3) is 3.43. The Bertz CT molecular complexity index is 538. The van der Waals surface area contributed by atoms with E-state index in [9.17, 15) is 9.59 Å². The molecule has 0 radical (unpaired) electrons. The van der Waals surface area contributed by atoms with Gasteiger partial charge in [0.05, 0.1) is 18.7 Å². The molecule has 1 N–H and O–H groups in total. The van der Waals surface area contributed by atoms with Crippen LogP contribution in [-0.4, -0.2) is 43.1 Å². The minimum atomic E-state index is -0.475. The van der Waals surface area contributed by atoms with Gasteiger partial charge in [-0.3, -0.25) is 4.79 Å². The molecule has 2 rings (SSSR count). The molecule has 1 aromatic rings. The van der Waals surface area contributed by atoms with E-state index in [0.717, 1.165) is 0 Å². The van der Waals surface area contributed by atoms with Gasteiger partial charge in [-0.05, 0) is 40.5 Å². The highest BCUT2D eigenvalue weighted by Gasteiger charge is 2.28. The molecule has 1 heterocycles. The summed E-state index contributed by atoms with van der Waals surface area (Å²) in [4.78, 5) is 25.2. The molecule has 1 saturated heterocycles. The van der Waals surface area contributed by atoms with Crippen LogP contribution in [0.5, 0.6) is 0 Å². The Hall–Kier alpha value is -1.27. The molecule has 108 valence electrons. The van der Waals surface area contributed by atoms with E-state index in [1.165, 1.54) is 7.11 Å². The van der Waals surface area contributed by atoms with Gasteiger partial charge in [0.15, 0.2) is 0 Å². The predicted molar refractivity (Wildman–Crippen MR) is 79.0 cm³/mol. The molecule has 0 bridgehead atoms. The number of carbonyl (C=O) groups excluding carboxylic acids is 2. The molecule has 0 spiro atoms. The highest BCUT2D eigenvalue weighted by atomic mass is 79.9. The largest absolute Gasteiger partial charge is 0.453 e. The predicted octanol–water partition coefficient (Wildman–Crippen LogP) is 2.67. The van der Waals surface area contributed by atoms with E-state index in [1.54, 1.807) is 23.1 Å². The standard InChI is InChI=1S/C13H14BrClN2O3/c1-20-13(19)16-9-4-5-17(7-9)12(18)10-3-2-8(15)6-11(10)14/h2-3,6,9H,4-5,7H2,1H3,(H,16,19). The van der Waals surface area contributed by atoms with Crippen LogP contribution in [0.4, 0.5) is 4.79 Å². The van der Waals surface area contributed by atoms with Crippen LogP contribution in [0.15, 0.2) is 22.7 Å². The number of likely N-dealkylation sites (tertiary alicyclic amines) is 1. The van der Waals surface area contributed by atoms with Gasteiger partial charge in [0.2, 0.25) is 0 Å². The number of benzene rings is 1. The van der Waals surface area contributed by atoms with Crippen LogP contribution in [0, 0.1) is 0 Å². The number of alkyl carbamates (subject to hydrolysis) is 1. The summed E-state index contributed by atoms with van der Waals surface area (Å²) in [6, 6.07) is 4.99. The van der Waals surface area contributed by atoms with Gasteiger partial charge in [-0.1, -0.05) is 11.6 Å². The molecule has 1 aliphatic rings. The number of nitrogens with one attached hydrogen (secondary N) is 1. The minimum absolute atomic E-state index is 0.0718. The first-order valence-corrected chi connectivity index (χ1v) is 7.27. The minimum Gasteiger partial charge on any atom is -0.453 e. The van der Waals surface area contributed by atoms with Crippen molar-refractivity contribution in [2.75, 3.05) is 20.2 Å². The quantitative estimate of drug-likeness (QED) is 0.881. The van der Waals surface area contributed by atoms with Crippen molar-refractivity contribution >= 4 is 39.5 Å². The number of carbonyl (C=O) groups is 2. The number of methoxy groups -OCH3 is 1. The van der Waals surface area contributed by atoms with Gasteiger partial charge in [-0.2, -0.15) is 0 Å². The average molecular weight is 362 g/mol. The fourth-order valence-electron chi connectivity index (χ4n) is 2.12. The second-order valence-electron chi connectivity index (χ2n) is 4.50. The zero-order valence-electron chi connectivity index (χ0n) is 10.9. The number of nitrogens with zero attached hydrogens (tertiary/aromatic N) is 1. The van der Waals surface area contributed by atoms with Crippen LogP contribution in [0.2, 0.25) is 5.02 Å². The summed E-state index contributed by atoms with van der Waals surface area (Å²) in [5, 5.41) is 3.27. The van der Waals surface area contributed by atoms with Crippen LogP contribution in [-0.2, 0) is 4.74 Å². The third-order valence-electron chi connectivity index (χ3n) is 3.14. The lowest BCUT2D eigenvalue weighted by Gasteiger charge is -2.17. The van der Waals surface area contributed by atoms with Gasteiger partial charge in [0.1, 0.15) is 0 Å². The summed E-state index contributed by atoms with van der Waals surface area (Å²) in [6.45, 7) is 1.07. The van der Waals surface area contributed by atoms with Crippen molar-refractivity contribution in [3.63, 3.8) is 0 Å². The SMILES string of the molecule is COC(=O)NC1CCN(C(=O)c2ccc(Cl)cc2Br)C1. The molecule has 1 atom stereocenters. The molecular weight excluding hydrogens is 348 g/mol. The summed E-state index contributed by atoms with van der Waals surface area (Å²) < 4.78 is 5.22. The average Bonchev–Trinajstić information content (AvgIpc) is 2.86. The Morgan fingerprint density at radius 2 is 2.25 bits per heavy atom. The maximum atomic E-state index is 12.4. The molecule has 2 amide bonds. The Balaban J connectivity index is 2.02. The zero-order chi connectivity index (χ0) is 14.7. The summed E-state index contributed by atoms with van der Waals surface area (Å²) in [5.41, 5.74) is 0.563. The first-order valence-electron chi connectivity index (χ1n) is 6.10. The Morgan fingerprint density at radius 3 is 2.90 bits per heavy atom. The maximum absolute atomic E-state index is 12.4. The van der Waals surface area contributed by atoms with Crippen LogP contribution in [0.3, 0.4) is 0 Å². The number of hydrogen-bond acceptors (Lipinski definition) is 3. The highest BCUT2D eigenvalue weighted by molar-refractivity contribution is 9.10. The Kier molecular flexibility index (Phi) is 4.88. The number of hydrogen-bond donors (Lipinski definition) is 1. The summed E-state index contributed by atoms with van der Waals surface area (Å²) in [7, 11) is 1.32. The van der Waals surface area contributed by atoms with Crippen molar-refractivity contribution in [1.29, 1.82) is 0 Å². The van der Waals surface area contributed by atoms with Crippen molar-refractivity contribution in [3.05, 3.63) is 33.3 Å². The lowest BCUT2D eigenvalue weighted by Crippen LogP contribution is -2.38. The van der Waals surface area contributed by atoms with E-state index < -0.39 is 6.09 Å². The van der Waals surface area contributed by atoms with Gasteiger partial charge in [-0.25, -0.2) is 4.79 Å². The first-order chi connectivity index (χ1) is 9.51. The number of rotatable bonds is 2. The summed E-state index contributed by atoms with van der Waals surface area (Å²) in [5.74, 6) is -0.0808. The molecule has 1 aliphatic heterocycles. The van der Waals surface area contributed by atoms with Gasteiger partial charge in [0, 0.05) is 22.6 Å².